The number of fused-ring (bicyclic) bond motifs is 1. The van der Waals surface area contributed by atoms with E-state index in [0.717, 1.165) is 35.1 Å². The minimum absolute atomic E-state index is 0.322. The number of imidazole rings is 1. The number of benzene rings is 1. The second-order valence-electron chi connectivity index (χ2n) is 5.30. The molecule has 1 aromatic carbocycles. The van der Waals surface area contributed by atoms with Crippen LogP contribution in [0.1, 0.15) is 26.3 Å². The fraction of sp³-hybridized carbons (Fsp3) is 0.438. The van der Waals surface area contributed by atoms with E-state index in [-0.39, 0.29) is 0 Å². The molecule has 0 amide bonds. The molecular weight excluding hydrogens is 268 g/mol. The van der Waals surface area contributed by atoms with Crippen molar-refractivity contribution in [1.82, 2.24) is 9.55 Å². The highest BCUT2D eigenvalue weighted by atomic mass is 16.5. The molecule has 5 heteroatoms. The van der Waals surface area contributed by atoms with Crippen molar-refractivity contribution in [1.29, 1.82) is 0 Å². The average Bonchev–Trinajstić information content (AvgIpc) is 2.86. The third-order valence-electron chi connectivity index (χ3n) is 3.54. The molecule has 0 bridgehead atoms. The molecule has 2 aromatic rings. The van der Waals surface area contributed by atoms with Gasteiger partial charge in [-0.1, -0.05) is 0 Å². The molecule has 0 atom stereocenters. The van der Waals surface area contributed by atoms with Gasteiger partial charge < -0.3 is 18.8 Å². The predicted octanol–water partition coefficient (Wildman–Crippen LogP) is 3.30. The van der Waals surface area contributed by atoms with Crippen molar-refractivity contribution < 1.29 is 14.2 Å². The second kappa shape index (κ2) is 5.68. The first-order valence-corrected chi connectivity index (χ1v) is 7.21. The number of hydrogen-bond donors (Lipinski definition) is 0. The Morgan fingerprint density at radius 1 is 1.19 bits per heavy atom. The van der Waals surface area contributed by atoms with Crippen molar-refractivity contribution in [2.24, 2.45) is 0 Å². The lowest BCUT2D eigenvalue weighted by atomic mass is 10.1. The van der Waals surface area contributed by atoms with E-state index < -0.39 is 0 Å². The van der Waals surface area contributed by atoms with Crippen LogP contribution in [-0.4, -0.2) is 29.9 Å². The van der Waals surface area contributed by atoms with Crippen LogP contribution in [0.2, 0.25) is 0 Å². The van der Waals surface area contributed by atoms with Crippen LogP contribution in [0.5, 0.6) is 17.2 Å². The maximum Gasteiger partial charge on any atom is 0.164 e. The summed E-state index contributed by atoms with van der Waals surface area (Å²) >= 11 is 0. The highest BCUT2D eigenvalue weighted by molar-refractivity contribution is 5.70. The molecule has 0 fully saturated rings. The molecule has 1 aromatic heterocycles. The van der Waals surface area contributed by atoms with Crippen LogP contribution in [0.25, 0.3) is 11.4 Å². The summed E-state index contributed by atoms with van der Waals surface area (Å²) in [5.74, 6) is 3.10. The molecule has 0 saturated heterocycles. The van der Waals surface area contributed by atoms with Crippen molar-refractivity contribution >= 4 is 0 Å². The van der Waals surface area contributed by atoms with Gasteiger partial charge in [-0.25, -0.2) is 4.98 Å². The van der Waals surface area contributed by atoms with Gasteiger partial charge in [0.05, 0.1) is 25.9 Å². The van der Waals surface area contributed by atoms with E-state index in [1.54, 1.807) is 13.3 Å². The Morgan fingerprint density at radius 2 is 1.90 bits per heavy atom. The Kier molecular flexibility index (Phi) is 3.73. The van der Waals surface area contributed by atoms with Crippen LogP contribution in [0.4, 0.5) is 0 Å². The molecule has 0 aliphatic carbocycles. The van der Waals surface area contributed by atoms with E-state index in [9.17, 15) is 0 Å². The molecule has 2 heterocycles. The summed E-state index contributed by atoms with van der Waals surface area (Å²) in [5, 5.41) is 0. The average molecular weight is 288 g/mol. The Morgan fingerprint density at radius 3 is 2.57 bits per heavy atom. The van der Waals surface area contributed by atoms with Crippen molar-refractivity contribution in [3.63, 3.8) is 0 Å². The van der Waals surface area contributed by atoms with Gasteiger partial charge in [-0.05, 0) is 19.9 Å². The van der Waals surface area contributed by atoms with Gasteiger partial charge in [0.25, 0.3) is 0 Å². The number of ether oxygens (including phenoxy) is 3. The standard InChI is InChI=1S/C16H20N2O3/c1-11(2)18-6-5-17-16(18)12-9-14-15(10-13(12)19-3)21-8-4-7-20-14/h5-6,9-11H,4,7-8H2,1-3H3. The van der Waals surface area contributed by atoms with Gasteiger partial charge in [0.1, 0.15) is 11.6 Å². The van der Waals surface area contributed by atoms with E-state index >= 15 is 0 Å². The summed E-state index contributed by atoms with van der Waals surface area (Å²) < 4.78 is 19.1. The van der Waals surface area contributed by atoms with E-state index in [4.69, 9.17) is 14.2 Å². The van der Waals surface area contributed by atoms with E-state index in [1.165, 1.54) is 0 Å². The second-order valence-corrected chi connectivity index (χ2v) is 5.30. The van der Waals surface area contributed by atoms with E-state index in [2.05, 4.69) is 23.4 Å². The van der Waals surface area contributed by atoms with Crippen LogP contribution < -0.4 is 14.2 Å². The topological polar surface area (TPSA) is 45.5 Å². The summed E-state index contributed by atoms with van der Waals surface area (Å²) in [6.45, 7) is 5.58. The van der Waals surface area contributed by atoms with Gasteiger partial charge in [0.2, 0.25) is 0 Å². The summed E-state index contributed by atoms with van der Waals surface area (Å²) in [5.41, 5.74) is 0.917. The monoisotopic (exact) mass is 288 g/mol. The number of hydrogen-bond acceptors (Lipinski definition) is 4. The van der Waals surface area contributed by atoms with Gasteiger partial charge in [-0.15, -0.1) is 0 Å². The third-order valence-corrected chi connectivity index (χ3v) is 3.54. The summed E-state index contributed by atoms with van der Waals surface area (Å²) in [4.78, 5) is 4.48. The maximum absolute atomic E-state index is 5.77. The molecule has 0 saturated carbocycles. The first-order chi connectivity index (χ1) is 10.2. The lowest BCUT2D eigenvalue weighted by molar-refractivity contribution is 0.296. The minimum atomic E-state index is 0.322. The lowest BCUT2D eigenvalue weighted by Crippen LogP contribution is -2.03. The lowest BCUT2D eigenvalue weighted by Gasteiger charge is -2.16. The molecular formula is C16H20N2O3. The number of aromatic nitrogens is 2. The molecule has 5 nitrogen and oxygen atoms in total. The highest BCUT2D eigenvalue weighted by Gasteiger charge is 2.19. The van der Waals surface area contributed by atoms with Crippen molar-refractivity contribution in [3.05, 3.63) is 24.5 Å². The minimum Gasteiger partial charge on any atom is -0.496 e. The largest absolute Gasteiger partial charge is 0.496 e. The number of nitrogens with zero attached hydrogens (tertiary/aromatic N) is 2. The summed E-state index contributed by atoms with van der Waals surface area (Å²) in [6.07, 6.45) is 4.66. The van der Waals surface area contributed by atoms with Gasteiger partial charge in [-0.3, -0.25) is 0 Å². The van der Waals surface area contributed by atoms with Crippen molar-refractivity contribution in [3.8, 4) is 28.6 Å². The molecule has 1 aliphatic heterocycles. The summed E-state index contributed by atoms with van der Waals surface area (Å²) in [6, 6.07) is 4.17. The van der Waals surface area contributed by atoms with E-state index in [0.29, 0.717) is 19.3 Å². The van der Waals surface area contributed by atoms with Gasteiger partial charge in [-0.2, -0.15) is 0 Å². The first kappa shape index (κ1) is 13.8. The van der Waals surface area contributed by atoms with Crippen LogP contribution >= 0.6 is 0 Å². The normalized spacial score (nSPS) is 14.1. The zero-order valence-corrected chi connectivity index (χ0v) is 12.6. The first-order valence-electron chi connectivity index (χ1n) is 7.21. The molecule has 112 valence electrons. The smallest absolute Gasteiger partial charge is 0.164 e. The third kappa shape index (κ3) is 2.55. The Bertz CT molecular complexity index is 634. The Balaban J connectivity index is 2.13. The fourth-order valence-corrected chi connectivity index (χ4v) is 2.47. The van der Waals surface area contributed by atoms with Crippen molar-refractivity contribution in [2.45, 2.75) is 26.3 Å². The molecule has 1 aliphatic rings. The van der Waals surface area contributed by atoms with Crippen LogP contribution in [-0.2, 0) is 0 Å². The number of methoxy groups -OCH3 is 1. The SMILES string of the molecule is COc1cc2c(cc1-c1nccn1C(C)C)OCCCO2. The van der Waals surface area contributed by atoms with Gasteiger partial charge in [0, 0.05) is 30.9 Å². The van der Waals surface area contributed by atoms with Gasteiger partial charge in [0.15, 0.2) is 11.5 Å². The molecule has 0 N–H and O–H groups in total. The van der Waals surface area contributed by atoms with Crippen LogP contribution in [0.3, 0.4) is 0 Å². The zero-order chi connectivity index (χ0) is 14.8. The Labute approximate surface area is 124 Å². The molecule has 21 heavy (non-hydrogen) atoms. The summed E-state index contributed by atoms with van der Waals surface area (Å²) in [7, 11) is 1.66. The van der Waals surface area contributed by atoms with Gasteiger partial charge >= 0.3 is 0 Å². The Hall–Kier alpha value is -2.17. The molecule has 0 unspecified atom stereocenters. The maximum atomic E-state index is 5.77. The quantitative estimate of drug-likeness (QED) is 0.869. The molecule has 0 spiro atoms. The molecule has 0 radical (unpaired) electrons. The van der Waals surface area contributed by atoms with E-state index in [1.807, 2.05) is 18.3 Å². The number of rotatable bonds is 3. The van der Waals surface area contributed by atoms with Crippen LogP contribution in [0, 0.1) is 0 Å². The van der Waals surface area contributed by atoms with Crippen molar-refractivity contribution in [2.75, 3.05) is 20.3 Å². The zero-order valence-electron chi connectivity index (χ0n) is 12.6. The predicted molar refractivity (Wildman–Crippen MR) is 80.2 cm³/mol. The fourth-order valence-electron chi connectivity index (χ4n) is 2.47. The highest BCUT2D eigenvalue weighted by Crippen LogP contribution is 2.41. The molecule has 3 rings (SSSR count). The van der Waals surface area contributed by atoms with Crippen LogP contribution in [0.15, 0.2) is 24.5 Å².